The Morgan fingerprint density at radius 1 is 0.935 bits per heavy atom. The Morgan fingerprint density at radius 2 is 1.55 bits per heavy atom. The predicted octanol–water partition coefficient (Wildman–Crippen LogP) is 5.33. The van der Waals surface area contributed by atoms with Gasteiger partial charge in [0.25, 0.3) is 0 Å². The number of hydrogen-bond donors (Lipinski definition) is 2. The maximum absolute atomic E-state index is 10.7. The number of benzene rings is 1. The molecule has 5 nitrogen and oxygen atoms in total. The van der Waals surface area contributed by atoms with Gasteiger partial charge in [0.15, 0.2) is 23.9 Å². The zero-order valence-electron chi connectivity index (χ0n) is 19.6. The minimum absolute atomic E-state index is 0.131. The number of nitrogens with one attached hydrogen (secondary N) is 2. The summed E-state index contributed by atoms with van der Waals surface area (Å²) in [5.74, 6) is 2.33. The monoisotopic (exact) mass is 447 g/mol. The van der Waals surface area contributed by atoms with E-state index in [-0.39, 0.29) is 5.91 Å². The highest BCUT2D eigenvalue weighted by molar-refractivity contribution is 7.80. The number of amides is 1. The summed E-state index contributed by atoms with van der Waals surface area (Å²) in [6.07, 6.45) is 12.1. The Bertz CT molecular complexity index is 735. The number of pyridine rings is 1. The molecule has 1 heterocycles. The first-order chi connectivity index (χ1) is 15.1. The summed E-state index contributed by atoms with van der Waals surface area (Å²) in [5.41, 5.74) is 2.21. The van der Waals surface area contributed by atoms with E-state index in [2.05, 4.69) is 42.9 Å². The number of aromatic nitrogens is 1. The quantitative estimate of drug-likeness (QED) is 0.511. The lowest BCUT2D eigenvalue weighted by molar-refractivity contribution is -0.378. The first-order valence-electron chi connectivity index (χ1n) is 10.8. The smallest absolute Gasteiger partial charge is 0.220 e. The van der Waals surface area contributed by atoms with Gasteiger partial charge in [-0.3, -0.25) is 4.79 Å². The van der Waals surface area contributed by atoms with E-state index in [1.807, 2.05) is 55.7 Å². The SMILES string of the molecule is CCCC.CCCC(=O)NCCS.COc1ccc(/C=C/c2cc[nH+]cc2)cc1OC. The standard InChI is InChI=1S/C15H15NO2.C6H13NOS.C4H10/c1-17-14-6-5-13(11-15(14)18-2)4-3-12-7-9-16-10-8-12;1-2-3-6(8)7-4-5-9;1-3-4-2/h3-11H,1-2H3;9H,2-5H2,1H3,(H,7,8);3-4H2,1-2H3/p+1/b4-3+;;. The van der Waals surface area contributed by atoms with Gasteiger partial charge in [-0.15, -0.1) is 0 Å². The van der Waals surface area contributed by atoms with Crippen molar-refractivity contribution in [2.24, 2.45) is 0 Å². The van der Waals surface area contributed by atoms with Crippen molar-refractivity contribution in [2.45, 2.75) is 46.5 Å². The van der Waals surface area contributed by atoms with Gasteiger partial charge in [0.05, 0.1) is 14.2 Å². The minimum atomic E-state index is 0.131. The highest BCUT2D eigenvalue weighted by Gasteiger charge is 2.02. The second kappa shape index (κ2) is 19.5. The Morgan fingerprint density at radius 3 is 2.06 bits per heavy atom. The fourth-order valence-corrected chi connectivity index (χ4v) is 2.28. The third-order valence-electron chi connectivity index (χ3n) is 4.03. The molecule has 2 rings (SSSR count). The van der Waals surface area contributed by atoms with Gasteiger partial charge in [-0.2, -0.15) is 12.6 Å². The van der Waals surface area contributed by atoms with Crippen LogP contribution < -0.4 is 19.8 Å². The van der Waals surface area contributed by atoms with E-state index in [1.54, 1.807) is 14.2 Å². The van der Waals surface area contributed by atoms with Gasteiger partial charge in [0, 0.05) is 30.9 Å². The Hall–Kier alpha value is -2.47. The first-order valence-corrected chi connectivity index (χ1v) is 11.4. The van der Waals surface area contributed by atoms with Crippen molar-refractivity contribution >= 4 is 30.7 Å². The molecule has 172 valence electrons. The minimum Gasteiger partial charge on any atom is -0.493 e. The van der Waals surface area contributed by atoms with Crippen LogP contribution in [0.5, 0.6) is 11.5 Å². The van der Waals surface area contributed by atoms with Crippen molar-refractivity contribution in [3.63, 3.8) is 0 Å². The number of carbonyl (C=O) groups excluding carboxylic acids is 1. The number of hydrogen-bond acceptors (Lipinski definition) is 4. The number of thiol groups is 1. The molecule has 0 spiro atoms. The molecular formula is C25H39N2O3S+. The van der Waals surface area contributed by atoms with Crippen LogP contribution in [0, 0.1) is 0 Å². The molecule has 0 atom stereocenters. The topological polar surface area (TPSA) is 61.7 Å². The lowest BCUT2D eigenvalue weighted by Gasteiger charge is -2.07. The van der Waals surface area contributed by atoms with Crippen LogP contribution in [0.25, 0.3) is 12.2 Å². The summed E-state index contributed by atoms with van der Waals surface area (Å²) in [6.45, 7) is 7.03. The van der Waals surface area contributed by atoms with Gasteiger partial charge in [0.1, 0.15) is 0 Å². The van der Waals surface area contributed by atoms with Crippen molar-refractivity contribution in [2.75, 3.05) is 26.5 Å². The molecule has 1 aromatic carbocycles. The molecule has 6 heteroatoms. The fraction of sp³-hybridized carbons (Fsp3) is 0.440. The van der Waals surface area contributed by atoms with E-state index in [4.69, 9.17) is 9.47 Å². The van der Waals surface area contributed by atoms with Crippen LogP contribution in [0.2, 0.25) is 0 Å². The molecule has 31 heavy (non-hydrogen) atoms. The van der Waals surface area contributed by atoms with Crippen molar-refractivity contribution in [1.82, 2.24) is 5.32 Å². The lowest BCUT2D eigenvalue weighted by atomic mass is 10.1. The van der Waals surface area contributed by atoms with E-state index in [9.17, 15) is 4.79 Å². The molecule has 0 aliphatic carbocycles. The number of ether oxygens (including phenoxy) is 2. The average molecular weight is 448 g/mol. The predicted molar refractivity (Wildman–Crippen MR) is 134 cm³/mol. The number of unbranched alkanes of at least 4 members (excludes halogenated alkanes) is 1. The molecule has 0 fully saturated rings. The molecule has 0 saturated carbocycles. The van der Waals surface area contributed by atoms with Gasteiger partial charge in [-0.05, 0) is 29.7 Å². The number of methoxy groups -OCH3 is 2. The van der Waals surface area contributed by atoms with Crippen LogP contribution in [-0.4, -0.2) is 32.4 Å². The molecule has 0 saturated heterocycles. The highest BCUT2D eigenvalue weighted by Crippen LogP contribution is 2.28. The van der Waals surface area contributed by atoms with Crippen molar-refractivity contribution < 1.29 is 19.3 Å². The maximum Gasteiger partial charge on any atom is 0.220 e. The van der Waals surface area contributed by atoms with Crippen molar-refractivity contribution in [3.05, 3.63) is 53.9 Å². The van der Waals surface area contributed by atoms with Gasteiger partial charge < -0.3 is 14.8 Å². The fourth-order valence-electron chi connectivity index (χ4n) is 2.17. The second-order valence-corrected chi connectivity index (χ2v) is 7.05. The van der Waals surface area contributed by atoms with Gasteiger partial charge in [-0.1, -0.05) is 51.8 Å². The van der Waals surface area contributed by atoms with Gasteiger partial charge >= 0.3 is 0 Å². The third-order valence-corrected chi connectivity index (χ3v) is 4.25. The molecule has 0 aliphatic rings. The lowest BCUT2D eigenvalue weighted by Crippen LogP contribution is -2.24. The van der Waals surface area contributed by atoms with Crippen LogP contribution >= 0.6 is 12.6 Å². The van der Waals surface area contributed by atoms with Crippen molar-refractivity contribution in [1.29, 1.82) is 0 Å². The Balaban J connectivity index is 0.000000581. The van der Waals surface area contributed by atoms with E-state index < -0.39 is 0 Å². The molecular weight excluding hydrogens is 408 g/mol. The zero-order chi connectivity index (χ0) is 23.3. The average Bonchev–Trinajstić information content (AvgIpc) is 2.82. The van der Waals surface area contributed by atoms with Crippen LogP contribution in [0.4, 0.5) is 0 Å². The summed E-state index contributed by atoms with van der Waals surface area (Å²) in [6, 6.07) is 9.86. The summed E-state index contributed by atoms with van der Waals surface area (Å²) in [5, 5.41) is 2.72. The molecule has 1 aromatic heterocycles. The number of aromatic amines is 1. The number of H-pyrrole nitrogens is 1. The number of carbonyl (C=O) groups is 1. The molecule has 0 unspecified atom stereocenters. The summed E-state index contributed by atoms with van der Waals surface area (Å²) in [4.78, 5) is 13.7. The maximum atomic E-state index is 10.7. The van der Waals surface area contributed by atoms with Gasteiger partial charge in [0.2, 0.25) is 5.91 Å². The largest absolute Gasteiger partial charge is 0.493 e. The molecule has 0 radical (unpaired) electrons. The van der Waals surface area contributed by atoms with Crippen LogP contribution in [0.3, 0.4) is 0 Å². The molecule has 0 bridgehead atoms. The zero-order valence-corrected chi connectivity index (χ0v) is 20.5. The van der Waals surface area contributed by atoms with Crippen LogP contribution in [-0.2, 0) is 4.79 Å². The van der Waals surface area contributed by atoms with Gasteiger partial charge in [-0.25, -0.2) is 4.98 Å². The molecule has 0 aliphatic heterocycles. The van der Waals surface area contributed by atoms with E-state index in [1.165, 1.54) is 12.8 Å². The molecule has 2 N–H and O–H groups in total. The molecule has 2 aromatic rings. The first kappa shape index (κ1) is 28.5. The Labute approximate surface area is 193 Å². The van der Waals surface area contributed by atoms with Crippen LogP contribution in [0.1, 0.15) is 57.6 Å². The summed E-state index contributed by atoms with van der Waals surface area (Å²) in [7, 11) is 3.27. The summed E-state index contributed by atoms with van der Waals surface area (Å²) < 4.78 is 10.5. The molecule has 1 amide bonds. The highest BCUT2D eigenvalue weighted by atomic mass is 32.1. The summed E-state index contributed by atoms with van der Waals surface area (Å²) >= 11 is 3.95. The van der Waals surface area contributed by atoms with Crippen molar-refractivity contribution in [3.8, 4) is 11.5 Å². The van der Waals surface area contributed by atoms with Crippen LogP contribution in [0.15, 0.2) is 42.7 Å². The normalized spacial score (nSPS) is 9.74. The second-order valence-electron chi connectivity index (χ2n) is 6.60. The Kier molecular flexibility index (Phi) is 17.9. The van der Waals surface area contributed by atoms with E-state index in [0.717, 1.165) is 34.8 Å². The number of rotatable bonds is 9. The van der Waals surface area contributed by atoms with E-state index >= 15 is 0 Å². The third kappa shape index (κ3) is 14.2. The van der Waals surface area contributed by atoms with E-state index in [0.29, 0.717) is 13.0 Å².